The molecular formula is C17H23Cl2N5OS. The van der Waals surface area contributed by atoms with Crippen molar-refractivity contribution in [2.75, 3.05) is 6.54 Å². The molecule has 0 radical (unpaired) electrons. The number of hydrogen-bond acceptors (Lipinski definition) is 5. The van der Waals surface area contributed by atoms with E-state index in [2.05, 4.69) is 15.6 Å². The Morgan fingerprint density at radius 1 is 1.42 bits per heavy atom. The standard InChI is InChI=1S/C17H23Cl2N5OS/c1-24-14(15(18)22-23-24)12-8-13(26-16(12)19)17(25)21-11(9-20)7-10-5-3-2-4-6-10/h8,10-11H,2-7,9,20H2,1H3,(H,21,25). The Kier molecular flexibility index (Phi) is 6.55. The molecule has 1 aliphatic carbocycles. The van der Waals surface area contributed by atoms with E-state index in [1.54, 1.807) is 17.8 Å². The minimum absolute atomic E-state index is 0.0168. The smallest absolute Gasteiger partial charge is 0.261 e. The monoisotopic (exact) mass is 415 g/mol. The Morgan fingerprint density at radius 3 is 2.77 bits per heavy atom. The van der Waals surface area contributed by atoms with Crippen LogP contribution in [0.4, 0.5) is 0 Å². The summed E-state index contributed by atoms with van der Waals surface area (Å²) in [6.07, 6.45) is 7.27. The highest BCUT2D eigenvalue weighted by molar-refractivity contribution is 7.18. The number of aromatic nitrogens is 3. The molecule has 0 aromatic carbocycles. The zero-order valence-corrected chi connectivity index (χ0v) is 17.0. The van der Waals surface area contributed by atoms with Crippen LogP contribution >= 0.6 is 34.5 Å². The van der Waals surface area contributed by atoms with Gasteiger partial charge in [0.2, 0.25) is 0 Å². The second-order valence-corrected chi connectivity index (χ2v) is 8.81. The van der Waals surface area contributed by atoms with Crippen molar-refractivity contribution in [3.8, 4) is 11.3 Å². The first kappa shape index (κ1) is 19.6. The van der Waals surface area contributed by atoms with E-state index in [0.29, 0.717) is 32.9 Å². The van der Waals surface area contributed by atoms with Gasteiger partial charge >= 0.3 is 0 Å². The molecule has 9 heteroatoms. The lowest BCUT2D eigenvalue weighted by atomic mass is 9.85. The van der Waals surface area contributed by atoms with Crippen molar-refractivity contribution in [2.24, 2.45) is 18.7 Å². The van der Waals surface area contributed by atoms with Gasteiger partial charge in [0.15, 0.2) is 5.15 Å². The summed E-state index contributed by atoms with van der Waals surface area (Å²) in [5.41, 5.74) is 7.16. The molecule has 6 nitrogen and oxygen atoms in total. The van der Waals surface area contributed by atoms with Crippen LogP contribution in [0.3, 0.4) is 0 Å². The zero-order chi connectivity index (χ0) is 18.7. The minimum atomic E-state index is -0.152. The molecule has 2 aromatic heterocycles. The molecule has 1 unspecified atom stereocenters. The summed E-state index contributed by atoms with van der Waals surface area (Å²) in [5, 5.41) is 11.0. The van der Waals surface area contributed by atoms with Crippen LogP contribution in [0.1, 0.15) is 48.2 Å². The van der Waals surface area contributed by atoms with Crippen LogP contribution in [0.5, 0.6) is 0 Å². The van der Waals surface area contributed by atoms with Crippen LogP contribution in [0.2, 0.25) is 9.49 Å². The number of nitrogens with two attached hydrogens (primary N) is 1. The van der Waals surface area contributed by atoms with Crippen LogP contribution in [-0.2, 0) is 7.05 Å². The van der Waals surface area contributed by atoms with Gasteiger partial charge in [-0.05, 0) is 18.4 Å². The first-order chi connectivity index (χ1) is 12.5. The molecule has 2 aromatic rings. The highest BCUT2D eigenvalue weighted by atomic mass is 35.5. The maximum atomic E-state index is 12.7. The van der Waals surface area contributed by atoms with Crippen LogP contribution in [-0.4, -0.2) is 33.5 Å². The van der Waals surface area contributed by atoms with E-state index in [1.165, 1.54) is 43.4 Å². The quantitative estimate of drug-likeness (QED) is 0.749. The van der Waals surface area contributed by atoms with Gasteiger partial charge in [0.05, 0.1) is 4.88 Å². The molecule has 0 aliphatic heterocycles. The second-order valence-electron chi connectivity index (χ2n) is 6.80. The van der Waals surface area contributed by atoms with Crippen LogP contribution in [0, 0.1) is 5.92 Å². The van der Waals surface area contributed by atoms with Gasteiger partial charge in [0.25, 0.3) is 5.91 Å². The van der Waals surface area contributed by atoms with Gasteiger partial charge in [-0.1, -0.05) is 60.5 Å². The lowest BCUT2D eigenvalue weighted by Gasteiger charge is -2.26. The minimum Gasteiger partial charge on any atom is -0.347 e. The number of halogens is 2. The number of nitrogens with one attached hydrogen (secondary N) is 1. The molecule has 2 heterocycles. The Hall–Kier alpha value is -1.15. The first-order valence-electron chi connectivity index (χ1n) is 8.85. The van der Waals surface area contributed by atoms with E-state index in [0.717, 1.165) is 6.42 Å². The van der Waals surface area contributed by atoms with Crippen LogP contribution in [0.25, 0.3) is 11.3 Å². The molecule has 3 rings (SSSR count). The number of aryl methyl sites for hydroxylation is 1. The third kappa shape index (κ3) is 4.39. The number of rotatable bonds is 6. The molecule has 0 saturated heterocycles. The summed E-state index contributed by atoms with van der Waals surface area (Å²) in [4.78, 5) is 13.2. The molecule has 0 spiro atoms. The molecule has 1 aliphatic rings. The van der Waals surface area contributed by atoms with E-state index in [-0.39, 0.29) is 17.1 Å². The maximum Gasteiger partial charge on any atom is 0.261 e. The fourth-order valence-corrected chi connectivity index (χ4v) is 4.99. The van der Waals surface area contributed by atoms with Gasteiger partial charge in [-0.2, -0.15) is 0 Å². The van der Waals surface area contributed by atoms with Crippen LogP contribution < -0.4 is 11.1 Å². The Labute approximate surface area is 167 Å². The van der Waals surface area contributed by atoms with Crippen molar-refractivity contribution in [1.82, 2.24) is 20.3 Å². The molecule has 0 bridgehead atoms. The van der Waals surface area contributed by atoms with Crippen molar-refractivity contribution >= 4 is 40.4 Å². The highest BCUT2D eigenvalue weighted by Gasteiger charge is 2.23. The van der Waals surface area contributed by atoms with Gasteiger partial charge in [0, 0.05) is 25.2 Å². The molecule has 142 valence electrons. The predicted molar refractivity (Wildman–Crippen MR) is 106 cm³/mol. The molecule has 1 amide bonds. The van der Waals surface area contributed by atoms with Crippen molar-refractivity contribution in [3.05, 3.63) is 20.4 Å². The van der Waals surface area contributed by atoms with E-state index < -0.39 is 0 Å². The van der Waals surface area contributed by atoms with Gasteiger partial charge in [-0.3, -0.25) is 4.79 Å². The number of thiophene rings is 1. The molecule has 3 N–H and O–H groups in total. The van der Waals surface area contributed by atoms with Crippen molar-refractivity contribution in [3.63, 3.8) is 0 Å². The molecule has 1 fully saturated rings. The Balaban J connectivity index is 1.70. The fraction of sp³-hybridized carbons (Fsp3) is 0.588. The predicted octanol–water partition coefficient (Wildman–Crippen LogP) is 3.88. The number of carbonyl (C=O) groups excluding carboxylic acids is 1. The lowest BCUT2D eigenvalue weighted by Crippen LogP contribution is -2.41. The lowest BCUT2D eigenvalue weighted by molar-refractivity contribution is 0.0934. The first-order valence-corrected chi connectivity index (χ1v) is 10.4. The molecule has 26 heavy (non-hydrogen) atoms. The average Bonchev–Trinajstić information content (AvgIpc) is 3.17. The van der Waals surface area contributed by atoms with Crippen molar-refractivity contribution in [1.29, 1.82) is 0 Å². The number of hydrogen-bond donors (Lipinski definition) is 2. The summed E-state index contributed by atoms with van der Waals surface area (Å²) in [6.45, 7) is 0.436. The third-order valence-electron chi connectivity index (χ3n) is 4.91. The summed E-state index contributed by atoms with van der Waals surface area (Å²) in [6, 6.07) is 1.72. The van der Waals surface area contributed by atoms with Crippen molar-refractivity contribution in [2.45, 2.75) is 44.6 Å². The fourth-order valence-electron chi connectivity index (χ4n) is 3.56. The third-order valence-corrected chi connectivity index (χ3v) is 6.53. The summed E-state index contributed by atoms with van der Waals surface area (Å²) in [7, 11) is 1.73. The zero-order valence-electron chi connectivity index (χ0n) is 14.7. The summed E-state index contributed by atoms with van der Waals surface area (Å²) < 4.78 is 2.03. The Morgan fingerprint density at radius 2 is 2.15 bits per heavy atom. The summed E-state index contributed by atoms with van der Waals surface area (Å²) in [5.74, 6) is 0.500. The van der Waals surface area contributed by atoms with E-state index in [1.807, 2.05) is 0 Å². The number of nitrogens with zero attached hydrogens (tertiary/aromatic N) is 3. The summed E-state index contributed by atoms with van der Waals surface area (Å²) >= 11 is 13.6. The van der Waals surface area contributed by atoms with Crippen LogP contribution in [0.15, 0.2) is 6.07 Å². The second kappa shape index (κ2) is 8.69. The number of carbonyl (C=O) groups is 1. The van der Waals surface area contributed by atoms with Gasteiger partial charge < -0.3 is 11.1 Å². The van der Waals surface area contributed by atoms with Gasteiger partial charge in [0.1, 0.15) is 10.0 Å². The van der Waals surface area contributed by atoms with Gasteiger partial charge in [-0.15, -0.1) is 16.4 Å². The molecule has 1 saturated carbocycles. The van der Waals surface area contributed by atoms with Gasteiger partial charge in [-0.25, -0.2) is 4.68 Å². The molecular weight excluding hydrogens is 393 g/mol. The topological polar surface area (TPSA) is 85.8 Å². The SMILES string of the molecule is Cn1nnc(Cl)c1-c1cc(C(=O)NC(CN)CC2CCCCC2)sc1Cl. The van der Waals surface area contributed by atoms with E-state index in [9.17, 15) is 4.79 Å². The normalized spacial score (nSPS) is 16.6. The van der Waals surface area contributed by atoms with E-state index in [4.69, 9.17) is 28.9 Å². The highest BCUT2D eigenvalue weighted by Crippen LogP contribution is 2.38. The maximum absolute atomic E-state index is 12.7. The average molecular weight is 416 g/mol. The van der Waals surface area contributed by atoms with Crippen molar-refractivity contribution < 1.29 is 4.79 Å². The number of amides is 1. The van der Waals surface area contributed by atoms with E-state index >= 15 is 0 Å². The largest absolute Gasteiger partial charge is 0.347 e. The Bertz CT molecular complexity index is 750. The molecule has 1 atom stereocenters.